The molecule has 1 rings (SSSR count). The van der Waals surface area contributed by atoms with Crippen LogP contribution in [0.4, 0.5) is 54.0 Å². The SMILES string of the molecule is FC(F)Sc1cccc(Br)c1NC(F)(C(F)(F)F)C(F)(F)C(F)(F)F. The number of rotatable bonds is 5. The first kappa shape index (κ1) is 22.1. The predicted octanol–water partition coefficient (Wildman–Crippen LogP) is 6.60. The van der Waals surface area contributed by atoms with Gasteiger partial charge in [-0.1, -0.05) is 17.8 Å². The maximum absolute atomic E-state index is 14.0. The zero-order valence-electron chi connectivity index (χ0n) is 11.3. The molecule has 0 radical (unpaired) electrons. The van der Waals surface area contributed by atoms with E-state index in [4.69, 9.17) is 0 Å². The molecule has 0 heterocycles. The lowest BCUT2D eigenvalue weighted by Crippen LogP contribution is -2.66. The van der Waals surface area contributed by atoms with E-state index in [0.717, 1.165) is 12.1 Å². The molecule has 0 fully saturated rings. The van der Waals surface area contributed by atoms with Gasteiger partial charge in [-0.05, 0) is 28.1 Å². The first-order valence-corrected chi connectivity index (χ1v) is 7.43. The molecule has 1 N–H and O–H groups in total. The van der Waals surface area contributed by atoms with E-state index >= 15 is 0 Å². The summed E-state index contributed by atoms with van der Waals surface area (Å²) < 4.78 is 140. The van der Waals surface area contributed by atoms with Crippen molar-refractivity contribution in [3.05, 3.63) is 22.7 Å². The van der Waals surface area contributed by atoms with Gasteiger partial charge in [0.2, 0.25) is 0 Å². The van der Waals surface area contributed by atoms with E-state index in [1.54, 1.807) is 0 Å². The molecule has 0 aliphatic rings. The van der Waals surface area contributed by atoms with Crippen LogP contribution in [-0.2, 0) is 0 Å². The molecular weight excluding hydrogens is 467 g/mol. The van der Waals surface area contributed by atoms with Gasteiger partial charge in [-0.3, -0.25) is 0 Å². The van der Waals surface area contributed by atoms with Crippen LogP contribution in [0.5, 0.6) is 0 Å². The Kier molecular flexibility index (Phi) is 6.20. The summed E-state index contributed by atoms with van der Waals surface area (Å²) in [5, 5.41) is 0.422. The van der Waals surface area contributed by atoms with Crippen molar-refractivity contribution in [2.24, 2.45) is 0 Å². The van der Waals surface area contributed by atoms with Crippen LogP contribution in [0.3, 0.4) is 0 Å². The molecule has 0 saturated carbocycles. The van der Waals surface area contributed by atoms with E-state index in [-0.39, 0.29) is 0 Å². The molecular formula is C11H5BrF11NS. The van der Waals surface area contributed by atoms with Gasteiger partial charge in [0.15, 0.2) is 0 Å². The van der Waals surface area contributed by atoms with Crippen LogP contribution in [0.15, 0.2) is 27.6 Å². The van der Waals surface area contributed by atoms with Crippen molar-refractivity contribution in [3.8, 4) is 0 Å². The number of hydrogen-bond donors (Lipinski definition) is 1. The fraction of sp³-hybridized carbons (Fsp3) is 0.455. The summed E-state index contributed by atoms with van der Waals surface area (Å²) in [4.78, 5) is -0.881. The highest BCUT2D eigenvalue weighted by molar-refractivity contribution is 9.10. The van der Waals surface area contributed by atoms with Crippen LogP contribution in [0.25, 0.3) is 0 Å². The molecule has 0 bridgehead atoms. The average Bonchev–Trinajstić information content (AvgIpc) is 2.39. The zero-order valence-corrected chi connectivity index (χ0v) is 13.7. The van der Waals surface area contributed by atoms with Gasteiger partial charge in [0.1, 0.15) is 0 Å². The normalized spacial score (nSPS) is 16.0. The lowest BCUT2D eigenvalue weighted by molar-refractivity contribution is -0.375. The number of para-hydroxylation sites is 1. The molecule has 1 atom stereocenters. The van der Waals surface area contributed by atoms with Gasteiger partial charge in [0.05, 0.1) is 5.69 Å². The van der Waals surface area contributed by atoms with Gasteiger partial charge in [0.25, 0.3) is 5.76 Å². The number of halogens is 12. The summed E-state index contributed by atoms with van der Waals surface area (Å²) in [7, 11) is 0. The molecule has 1 aromatic rings. The third-order valence-electron chi connectivity index (χ3n) is 2.67. The summed E-state index contributed by atoms with van der Waals surface area (Å²) in [5.74, 6) is -16.5. The average molecular weight is 472 g/mol. The van der Waals surface area contributed by atoms with Crippen molar-refractivity contribution in [1.29, 1.82) is 0 Å². The minimum absolute atomic E-state index is 0.422. The smallest absolute Gasteiger partial charge is 0.339 e. The monoisotopic (exact) mass is 471 g/mol. The first-order chi connectivity index (χ1) is 11.0. The Morgan fingerprint density at radius 3 is 1.80 bits per heavy atom. The molecule has 14 heteroatoms. The molecule has 25 heavy (non-hydrogen) atoms. The summed E-state index contributed by atoms with van der Waals surface area (Å²) in [6.07, 6.45) is -13.7. The van der Waals surface area contributed by atoms with E-state index in [1.165, 1.54) is 0 Å². The van der Waals surface area contributed by atoms with Gasteiger partial charge in [-0.25, -0.2) is 4.39 Å². The highest BCUT2D eigenvalue weighted by Gasteiger charge is 2.81. The van der Waals surface area contributed by atoms with Crippen molar-refractivity contribution < 1.29 is 48.3 Å². The number of anilines is 1. The topological polar surface area (TPSA) is 12.0 Å². The largest absolute Gasteiger partial charge is 0.459 e. The maximum atomic E-state index is 14.0. The van der Waals surface area contributed by atoms with Crippen molar-refractivity contribution in [2.45, 2.75) is 34.7 Å². The second kappa shape index (κ2) is 7.00. The maximum Gasteiger partial charge on any atom is 0.459 e. The quantitative estimate of drug-likeness (QED) is 0.295. The molecule has 1 aromatic carbocycles. The Morgan fingerprint density at radius 2 is 1.40 bits per heavy atom. The van der Waals surface area contributed by atoms with Crippen LogP contribution in [0.2, 0.25) is 0 Å². The minimum Gasteiger partial charge on any atom is -0.339 e. The third-order valence-corrected chi connectivity index (χ3v) is 4.10. The van der Waals surface area contributed by atoms with Gasteiger partial charge in [0, 0.05) is 9.37 Å². The van der Waals surface area contributed by atoms with Gasteiger partial charge in [-0.2, -0.15) is 43.9 Å². The van der Waals surface area contributed by atoms with E-state index in [9.17, 15) is 48.3 Å². The minimum atomic E-state index is -6.92. The lowest BCUT2D eigenvalue weighted by Gasteiger charge is -2.37. The van der Waals surface area contributed by atoms with Crippen LogP contribution in [-0.4, -0.2) is 29.8 Å². The Hall–Kier alpha value is -0.920. The summed E-state index contributed by atoms with van der Waals surface area (Å²) in [6, 6.07) is 2.50. The number of nitrogens with one attached hydrogen (secondary N) is 1. The van der Waals surface area contributed by atoms with Crippen LogP contribution in [0, 0.1) is 0 Å². The van der Waals surface area contributed by atoms with Crippen LogP contribution < -0.4 is 5.32 Å². The summed E-state index contributed by atoms with van der Waals surface area (Å²) >= 11 is 2.02. The third kappa shape index (κ3) is 4.26. The summed E-state index contributed by atoms with van der Waals surface area (Å²) in [6.45, 7) is 0. The molecule has 0 aromatic heterocycles. The molecule has 0 amide bonds. The van der Waals surface area contributed by atoms with Crippen LogP contribution >= 0.6 is 27.7 Å². The van der Waals surface area contributed by atoms with Gasteiger partial charge in [-0.15, -0.1) is 0 Å². The van der Waals surface area contributed by atoms with Crippen LogP contribution in [0.1, 0.15) is 0 Å². The standard InChI is InChI=1S/C11H5BrF11NS/c12-4-2-1-3-5(25-7(13)14)6(4)24-9(17,11(21,22)23)8(15,16)10(18,19)20/h1-3,7,24H. The molecule has 0 saturated heterocycles. The molecule has 1 nitrogen and oxygen atoms in total. The van der Waals surface area contributed by atoms with Gasteiger partial charge >= 0.3 is 24.1 Å². The van der Waals surface area contributed by atoms with E-state index in [1.807, 2.05) is 0 Å². The van der Waals surface area contributed by atoms with Crippen molar-refractivity contribution in [1.82, 2.24) is 0 Å². The Morgan fingerprint density at radius 1 is 0.880 bits per heavy atom. The Bertz CT molecular complexity index is 615. The van der Waals surface area contributed by atoms with Gasteiger partial charge < -0.3 is 5.32 Å². The first-order valence-electron chi connectivity index (χ1n) is 5.76. The number of thioether (sulfide) groups is 1. The van der Waals surface area contributed by atoms with E-state index < -0.39 is 56.6 Å². The number of alkyl halides is 11. The number of hydrogen-bond acceptors (Lipinski definition) is 2. The molecule has 1 unspecified atom stereocenters. The fourth-order valence-electron chi connectivity index (χ4n) is 1.51. The molecule has 0 aliphatic carbocycles. The van der Waals surface area contributed by atoms with Crippen molar-refractivity contribution in [2.75, 3.05) is 5.32 Å². The van der Waals surface area contributed by atoms with Crippen molar-refractivity contribution in [3.63, 3.8) is 0 Å². The van der Waals surface area contributed by atoms with E-state index in [2.05, 4.69) is 15.9 Å². The zero-order chi connectivity index (χ0) is 19.8. The Balaban J connectivity index is 3.54. The highest BCUT2D eigenvalue weighted by Crippen LogP contribution is 2.54. The lowest BCUT2D eigenvalue weighted by atomic mass is 10.1. The predicted molar refractivity (Wildman–Crippen MR) is 70.5 cm³/mol. The molecule has 0 aliphatic heterocycles. The second-order valence-corrected chi connectivity index (χ2v) is 6.23. The highest BCUT2D eigenvalue weighted by atomic mass is 79.9. The van der Waals surface area contributed by atoms with E-state index in [0.29, 0.717) is 11.4 Å². The fourth-order valence-corrected chi connectivity index (χ4v) is 2.74. The molecule has 0 spiro atoms. The molecule has 144 valence electrons. The summed E-state index contributed by atoms with van der Waals surface area (Å²) in [5.41, 5.74) is -1.34. The van der Waals surface area contributed by atoms with Crippen molar-refractivity contribution >= 4 is 33.4 Å². The second-order valence-electron chi connectivity index (χ2n) is 4.34. The number of benzene rings is 1. The Labute approximate surface area is 145 Å².